The number of hydrogen-bond acceptors (Lipinski definition) is 4. The first-order chi connectivity index (χ1) is 8.69. The summed E-state index contributed by atoms with van der Waals surface area (Å²) in [6.45, 7) is 2.81. The molecule has 1 atom stereocenters. The van der Waals surface area contributed by atoms with E-state index in [1.807, 2.05) is 19.2 Å². The fraction of sp³-hybridized carbons (Fsp3) is 0.333. The van der Waals surface area contributed by atoms with Crippen LogP contribution in [0.1, 0.15) is 23.2 Å². The number of rotatable bonds is 5. The van der Waals surface area contributed by atoms with E-state index in [-0.39, 0.29) is 24.3 Å². The first kappa shape index (κ1) is 12.4. The molecule has 2 aromatic rings. The number of nitrogens with zero attached hydrogens (tertiary/aromatic N) is 2. The number of aromatic nitrogens is 2. The molecule has 0 radical (unpaired) electrons. The second-order valence-corrected chi connectivity index (χ2v) is 4.07. The second kappa shape index (κ2) is 5.50. The lowest BCUT2D eigenvalue weighted by Crippen LogP contribution is -2.35. The first-order valence-electron chi connectivity index (χ1n) is 5.76. The zero-order valence-electron chi connectivity index (χ0n) is 10.2. The van der Waals surface area contributed by atoms with Crippen LogP contribution >= 0.6 is 0 Å². The van der Waals surface area contributed by atoms with Crippen LogP contribution in [-0.2, 0) is 13.1 Å². The lowest BCUT2D eigenvalue weighted by molar-refractivity contribution is 0.0906. The highest BCUT2D eigenvalue weighted by Gasteiger charge is 2.13. The van der Waals surface area contributed by atoms with Gasteiger partial charge in [-0.25, -0.2) is 0 Å². The molecule has 0 aliphatic rings. The summed E-state index contributed by atoms with van der Waals surface area (Å²) in [7, 11) is 0. The third-order valence-corrected chi connectivity index (χ3v) is 2.48. The van der Waals surface area contributed by atoms with Crippen LogP contribution in [0.4, 0.5) is 0 Å². The van der Waals surface area contributed by atoms with E-state index in [2.05, 4.69) is 10.4 Å². The van der Waals surface area contributed by atoms with Crippen molar-refractivity contribution < 1.29 is 9.21 Å². The molecule has 0 aromatic carbocycles. The largest absolute Gasteiger partial charge is 0.455 e. The summed E-state index contributed by atoms with van der Waals surface area (Å²) >= 11 is 0. The van der Waals surface area contributed by atoms with Gasteiger partial charge in [0.2, 0.25) is 0 Å². The maximum Gasteiger partial charge on any atom is 0.287 e. The summed E-state index contributed by atoms with van der Waals surface area (Å²) in [5.41, 5.74) is 5.42. The van der Waals surface area contributed by atoms with Gasteiger partial charge in [0.15, 0.2) is 5.76 Å². The molecule has 1 amide bonds. The highest BCUT2D eigenvalue weighted by Crippen LogP contribution is 2.07. The van der Waals surface area contributed by atoms with Gasteiger partial charge in [-0.1, -0.05) is 0 Å². The fourth-order valence-electron chi connectivity index (χ4n) is 1.64. The molecule has 0 fully saturated rings. The standard InChI is InChI=1S/C12H16N4O2/c1-9(8-16-6-2-5-14-16)15-12(17)11-4-3-10(7-13)18-11/h2-6,9H,7-8,13H2,1H3,(H,15,17). The number of nitrogens with one attached hydrogen (secondary N) is 1. The average molecular weight is 248 g/mol. The van der Waals surface area contributed by atoms with E-state index in [0.29, 0.717) is 12.3 Å². The second-order valence-electron chi connectivity index (χ2n) is 4.07. The molecule has 3 N–H and O–H groups in total. The van der Waals surface area contributed by atoms with Gasteiger partial charge in [-0.15, -0.1) is 0 Å². The monoisotopic (exact) mass is 248 g/mol. The zero-order valence-corrected chi connectivity index (χ0v) is 10.2. The highest BCUT2D eigenvalue weighted by atomic mass is 16.4. The van der Waals surface area contributed by atoms with Crippen molar-refractivity contribution in [1.29, 1.82) is 0 Å². The Hall–Kier alpha value is -2.08. The van der Waals surface area contributed by atoms with Crippen molar-refractivity contribution in [1.82, 2.24) is 15.1 Å². The van der Waals surface area contributed by atoms with Crippen molar-refractivity contribution in [3.8, 4) is 0 Å². The maximum atomic E-state index is 11.8. The van der Waals surface area contributed by atoms with Crippen molar-refractivity contribution in [2.45, 2.75) is 26.1 Å². The van der Waals surface area contributed by atoms with E-state index < -0.39 is 0 Å². The minimum Gasteiger partial charge on any atom is -0.455 e. The molecular formula is C12H16N4O2. The molecule has 96 valence electrons. The van der Waals surface area contributed by atoms with Crippen LogP contribution in [0.3, 0.4) is 0 Å². The van der Waals surface area contributed by atoms with Gasteiger partial charge in [0.05, 0.1) is 13.1 Å². The zero-order chi connectivity index (χ0) is 13.0. The molecule has 2 heterocycles. The van der Waals surface area contributed by atoms with E-state index in [1.165, 1.54) is 0 Å². The van der Waals surface area contributed by atoms with Gasteiger partial charge in [-0.05, 0) is 25.1 Å². The van der Waals surface area contributed by atoms with E-state index in [1.54, 1.807) is 23.0 Å². The van der Waals surface area contributed by atoms with Crippen LogP contribution < -0.4 is 11.1 Å². The van der Waals surface area contributed by atoms with Crippen molar-refractivity contribution >= 4 is 5.91 Å². The predicted molar refractivity (Wildman–Crippen MR) is 65.8 cm³/mol. The molecule has 6 nitrogen and oxygen atoms in total. The minimum absolute atomic E-state index is 0.0381. The molecule has 2 rings (SSSR count). The first-order valence-corrected chi connectivity index (χ1v) is 5.76. The molecule has 2 aromatic heterocycles. The van der Waals surface area contributed by atoms with Gasteiger partial charge in [0.1, 0.15) is 5.76 Å². The lowest BCUT2D eigenvalue weighted by Gasteiger charge is -2.12. The number of hydrogen-bond donors (Lipinski definition) is 2. The van der Waals surface area contributed by atoms with Crippen LogP contribution in [-0.4, -0.2) is 21.7 Å². The molecule has 0 aliphatic carbocycles. The van der Waals surface area contributed by atoms with Crippen LogP contribution in [0.25, 0.3) is 0 Å². The Morgan fingerprint density at radius 1 is 1.61 bits per heavy atom. The summed E-state index contributed by atoms with van der Waals surface area (Å²) in [5.74, 6) is 0.636. The Balaban J connectivity index is 1.90. The quantitative estimate of drug-likeness (QED) is 0.817. The molecule has 0 spiro atoms. The van der Waals surface area contributed by atoms with Crippen molar-refractivity contribution in [3.63, 3.8) is 0 Å². The Morgan fingerprint density at radius 2 is 2.44 bits per heavy atom. The molecule has 0 bridgehead atoms. The number of amides is 1. The summed E-state index contributed by atoms with van der Waals surface area (Å²) in [5, 5.41) is 6.92. The lowest BCUT2D eigenvalue weighted by atomic mass is 10.3. The van der Waals surface area contributed by atoms with Gasteiger partial charge in [0, 0.05) is 18.4 Å². The summed E-state index contributed by atoms with van der Waals surface area (Å²) < 4.78 is 7.03. The van der Waals surface area contributed by atoms with E-state index in [4.69, 9.17) is 10.2 Å². The summed E-state index contributed by atoms with van der Waals surface area (Å²) in [6.07, 6.45) is 3.55. The van der Waals surface area contributed by atoms with Crippen LogP contribution in [0.15, 0.2) is 35.0 Å². The highest BCUT2D eigenvalue weighted by molar-refractivity contribution is 5.91. The third kappa shape index (κ3) is 2.98. The van der Waals surface area contributed by atoms with Crippen molar-refractivity contribution in [3.05, 3.63) is 42.1 Å². The molecule has 0 saturated carbocycles. The normalized spacial score (nSPS) is 12.3. The Kier molecular flexibility index (Phi) is 3.78. The number of furan rings is 1. The van der Waals surface area contributed by atoms with Crippen LogP contribution in [0, 0.1) is 0 Å². The van der Waals surface area contributed by atoms with E-state index in [0.717, 1.165) is 0 Å². The fourth-order valence-corrected chi connectivity index (χ4v) is 1.64. The topological polar surface area (TPSA) is 86.1 Å². The molecule has 0 saturated heterocycles. The molecular weight excluding hydrogens is 232 g/mol. The molecule has 6 heteroatoms. The van der Waals surface area contributed by atoms with Gasteiger partial charge in [0.25, 0.3) is 5.91 Å². The molecule has 0 aliphatic heterocycles. The van der Waals surface area contributed by atoms with Gasteiger partial charge < -0.3 is 15.5 Å². The van der Waals surface area contributed by atoms with E-state index >= 15 is 0 Å². The predicted octanol–water partition coefficient (Wildman–Crippen LogP) is 0.753. The van der Waals surface area contributed by atoms with Crippen molar-refractivity contribution in [2.75, 3.05) is 0 Å². The Morgan fingerprint density at radius 3 is 3.06 bits per heavy atom. The van der Waals surface area contributed by atoms with Crippen molar-refractivity contribution in [2.24, 2.45) is 5.73 Å². The average Bonchev–Trinajstić information content (AvgIpc) is 2.98. The van der Waals surface area contributed by atoms with Crippen LogP contribution in [0.5, 0.6) is 0 Å². The Bertz CT molecular complexity index is 504. The SMILES string of the molecule is CC(Cn1cccn1)NC(=O)c1ccc(CN)o1. The summed E-state index contributed by atoms with van der Waals surface area (Å²) in [6, 6.07) is 5.13. The minimum atomic E-state index is -0.241. The summed E-state index contributed by atoms with van der Waals surface area (Å²) in [4.78, 5) is 11.8. The number of carbonyl (C=O) groups excluding carboxylic acids is 1. The maximum absolute atomic E-state index is 11.8. The van der Waals surface area contributed by atoms with E-state index in [9.17, 15) is 4.79 Å². The smallest absolute Gasteiger partial charge is 0.287 e. The molecule has 1 unspecified atom stereocenters. The third-order valence-electron chi connectivity index (χ3n) is 2.48. The van der Waals surface area contributed by atoms with Gasteiger partial charge in [-0.2, -0.15) is 5.10 Å². The van der Waals surface area contributed by atoms with Gasteiger partial charge >= 0.3 is 0 Å². The van der Waals surface area contributed by atoms with Gasteiger partial charge in [-0.3, -0.25) is 9.48 Å². The molecule has 18 heavy (non-hydrogen) atoms. The van der Waals surface area contributed by atoms with Crippen LogP contribution in [0.2, 0.25) is 0 Å². The number of carbonyl (C=O) groups is 1. The number of nitrogens with two attached hydrogens (primary N) is 1. The Labute approximate surface area is 105 Å².